The van der Waals surface area contributed by atoms with E-state index >= 15 is 0 Å². The lowest BCUT2D eigenvalue weighted by Crippen LogP contribution is -2.30. The molecule has 1 N–H and O–H groups in total. The normalized spacial score (nSPS) is 14.7. The highest BCUT2D eigenvalue weighted by Crippen LogP contribution is 1.95. The number of hydrogen-bond acceptors (Lipinski definition) is 2. The van der Waals surface area contributed by atoms with Gasteiger partial charge in [-0.3, -0.25) is 0 Å². The molecule has 0 saturated heterocycles. The van der Waals surface area contributed by atoms with Crippen LogP contribution in [0.25, 0.3) is 11.8 Å². The van der Waals surface area contributed by atoms with Crippen LogP contribution in [-0.4, -0.2) is 10.1 Å². The Morgan fingerprint density at radius 1 is 1.38 bits per heavy atom. The minimum Gasteiger partial charge on any atom is -0.506 e. The van der Waals surface area contributed by atoms with Crippen molar-refractivity contribution in [1.29, 1.82) is 0 Å². The average Bonchev–Trinajstić information content (AvgIpc) is 2.29. The molecule has 0 atom stereocenters. The van der Waals surface area contributed by atoms with Gasteiger partial charge in [0.05, 0.1) is 0 Å². The second kappa shape index (κ2) is 3.05. The van der Waals surface area contributed by atoms with Crippen molar-refractivity contribution in [2.24, 2.45) is 0 Å². The molecule has 0 saturated carbocycles. The molecule has 0 aliphatic heterocycles. The first kappa shape index (κ1) is 8.05. The summed E-state index contributed by atoms with van der Waals surface area (Å²) in [4.78, 5) is 4.29. The largest absolute Gasteiger partial charge is 0.506 e. The van der Waals surface area contributed by atoms with Gasteiger partial charge in [0, 0.05) is 10.9 Å². The quantitative estimate of drug-likeness (QED) is 0.629. The van der Waals surface area contributed by atoms with E-state index in [-0.39, 0.29) is 5.76 Å². The minimum atomic E-state index is 0.257. The number of aliphatic hydroxyl groups excluding tert-OH is 1. The first-order chi connectivity index (χ1) is 6.27. The van der Waals surface area contributed by atoms with E-state index in [9.17, 15) is 5.11 Å². The van der Waals surface area contributed by atoms with Gasteiger partial charge in [0.2, 0.25) is 0 Å². The molecule has 1 aromatic rings. The zero-order chi connectivity index (χ0) is 9.26. The smallest absolute Gasteiger partial charge is 0.141 e. The van der Waals surface area contributed by atoms with Gasteiger partial charge in [-0.25, -0.2) is 4.98 Å². The van der Waals surface area contributed by atoms with E-state index in [0.717, 1.165) is 17.3 Å². The van der Waals surface area contributed by atoms with Crippen molar-refractivity contribution in [2.45, 2.75) is 13.3 Å². The van der Waals surface area contributed by atoms with Crippen molar-refractivity contribution in [2.75, 3.05) is 0 Å². The Morgan fingerprint density at radius 3 is 3.08 bits per heavy atom. The SMILES string of the molecule is Cc1ccc2c(n1)=C(O)C=CCC=2. The molecule has 1 aliphatic carbocycles. The maximum absolute atomic E-state index is 9.61. The van der Waals surface area contributed by atoms with Crippen LogP contribution in [0.2, 0.25) is 0 Å². The van der Waals surface area contributed by atoms with Gasteiger partial charge < -0.3 is 5.11 Å². The molecular formula is C11H11NO. The standard InChI is InChI=1S/C11H11NO/c1-8-6-7-9-4-2-3-5-10(13)11(9)12-8/h3-7,13H,2H2,1H3. The molecule has 66 valence electrons. The highest BCUT2D eigenvalue weighted by atomic mass is 16.3. The maximum Gasteiger partial charge on any atom is 0.141 e. The third-order valence-electron chi connectivity index (χ3n) is 2.06. The van der Waals surface area contributed by atoms with Crippen LogP contribution in [0.1, 0.15) is 12.1 Å². The number of rotatable bonds is 0. The number of nitrogens with zero attached hydrogens (tertiary/aromatic N) is 1. The topological polar surface area (TPSA) is 33.1 Å². The number of aromatic nitrogens is 1. The fourth-order valence-electron chi connectivity index (χ4n) is 1.39. The van der Waals surface area contributed by atoms with E-state index < -0.39 is 0 Å². The summed E-state index contributed by atoms with van der Waals surface area (Å²) in [5, 5.41) is 11.3. The summed E-state index contributed by atoms with van der Waals surface area (Å²) in [6.45, 7) is 1.92. The Labute approximate surface area is 76.6 Å². The van der Waals surface area contributed by atoms with Crippen LogP contribution in [0, 0.1) is 6.92 Å². The summed E-state index contributed by atoms with van der Waals surface area (Å²) in [5.41, 5.74) is 0.925. The van der Waals surface area contributed by atoms with E-state index in [1.54, 1.807) is 6.08 Å². The number of aryl methyl sites for hydroxylation is 1. The monoisotopic (exact) mass is 173 g/mol. The van der Waals surface area contributed by atoms with Crippen LogP contribution in [0.5, 0.6) is 0 Å². The number of aliphatic hydroxyl groups is 1. The van der Waals surface area contributed by atoms with Crippen LogP contribution in [0.3, 0.4) is 0 Å². The van der Waals surface area contributed by atoms with Crippen LogP contribution >= 0.6 is 0 Å². The second-order valence-electron chi connectivity index (χ2n) is 3.12. The molecule has 0 unspecified atom stereocenters. The molecule has 0 radical (unpaired) electrons. The van der Waals surface area contributed by atoms with Crippen molar-refractivity contribution in [3.63, 3.8) is 0 Å². The molecule has 2 rings (SSSR count). The van der Waals surface area contributed by atoms with Crippen molar-refractivity contribution < 1.29 is 5.11 Å². The molecule has 2 nitrogen and oxygen atoms in total. The van der Waals surface area contributed by atoms with Gasteiger partial charge in [0.1, 0.15) is 11.1 Å². The lowest BCUT2D eigenvalue weighted by atomic mass is 10.2. The Hall–Kier alpha value is -1.57. The van der Waals surface area contributed by atoms with Gasteiger partial charge in [-0.05, 0) is 25.5 Å². The van der Waals surface area contributed by atoms with Crippen LogP contribution in [0.15, 0.2) is 24.3 Å². The summed E-state index contributed by atoms with van der Waals surface area (Å²) >= 11 is 0. The van der Waals surface area contributed by atoms with E-state index in [1.165, 1.54) is 0 Å². The van der Waals surface area contributed by atoms with Crippen molar-refractivity contribution in [1.82, 2.24) is 4.98 Å². The lowest BCUT2D eigenvalue weighted by molar-refractivity contribution is 0.509. The van der Waals surface area contributed by atoms with Crippen LogP contribution < -0.4 is 10.6 Å². The predicted octanol–water partition coefficient (Wildman–Crippen LogP) is 0.797. The third-order valence-corrected chi connectivity index (χ3v) is 2.06. The van der Waals surface area contributed by atoms with Crippen molar-refractivity contribution >= 4 is 11.8 Å². The highest BCUT2D eigenvalue weighted by molar-refractivity contribution is 5.50. The molecule has 13 heavy (non-hydrogen) atoms. The second-order valence-corrected chi connectivity index (χ2v) is 3.12. The molecule has 1 aliphatic rings. The molecule has 0 fully saturated rings. The van der Waals surface area contributed by atoms with Gasteiger partial charge in [0.25, 0.3) is 0 Å². The predicted molar refractivity (Wildman–Crippen MR) is 52.5 cm³/mol. The maximum atomic E-state index is 9.61. The molecule has 2 heteroatoms. The number of hydrogen-bond donors (Lipinski definition) is 1. The summed E-state index contributed by atoms with van der Waals surface area (Å²) in [5.74, 6) is 0.257. The van der Waals surface area contributed by atoms with E-state index in [4.69, 9.17) is 0 Å². The van der Waals surface area contributed by atoms with Crippen molar-refractivity contribution in [3.8, 4) is 0 Å². The fraction of sp³-hybridized carbons (Fsp3) is 0.182. The summed E-state index contributed by atoms with van der Waals surface area (Å²) in [6, 6.07) is 3.94. The first-order valence-corrected chi connectivity index (χ1v) is 4.31. The van der Waals surface area contributed by atoms with Gasteiger partial charge in [0.15, 0.2) is 0 Å². The molecule has 0 bridgehead atoms. The Bertz CT molecular complexity index is 471. The molecule has 0 spiro atoms. The minimum absolute atomic E-state index is 0.257. The zero-order valence-corrected chi connectivity index (χ0v) is 7.49. The Kier molecular flexibility index (Phi) is 1.89. The molecule has 0 aromatic carbocycles. The fourth-order valence-corrected chi connectivity index (χ4v) is 1.39. The summed E-state index contributed by atoms with van der Waals surface area (Å²) in [7, 11) is 0. The van der Waals surface area contributed by atoms with Gasteiger partial charge in [-0.1, -0.05) is 18.2 Å². The molecule has 1 heterocycles. The van der Waals surface area contributed by atoms with E-state index in [0.29, 0.717) is 5.35 Å². The zero-order valence-electron chi connectivity index (χ0n) is 7.49. The van der Waals surface area contributed by atoms with Crippen LogP contribution in [-0.2, 0) is 0 Å². The summed E-state index contributed by atoms with van der Waals surface area (Å²) < 4.78 is 0. The van der Waals surface area contributed by atoms with E-state index in [2.05, 4.69) is 11.1 Å². The van der Waals surface area contributed by atoms with Gasteiger partial charge in [-0.2, -0.15) is 0 Å². The lowest BCUT2D eigenvalue weighted by Gasteiger charge is -1.94. The summed E-state index contributed by atoms with van der Waals surface area (Å²) in [6.07, 6.45) is 6.53. The Morgan fingerprint density at radius 2 is 2.23 bits per heavy atom. The average molecular weight is 173 g/mol. The molecular weight excluding hydrogens is 162 g/mol. The highest BCUT2D eigenvalue weighted by Gasteiger charge is 1.97. The molecule has 0 amide bonds. The third kappa shape index (κ3) is 1.47. The van der Waals surface area contributed by atoms with E-state index in [1.807, 2.05) is 25.1 Å². The van der Waals surface area contributed by atoms with Gasteiger partial charge >= 0.3 is 0 Å². The molecule has 1 aromatic heterocycles. The Balaban J connectivity index is 2.88. The number of fused-ring (bicyclic) bond motifs is 1. The number of allylic oxidation sites excluding steroid dienone is 1. The first-order valence-electron chi connectivity index (χ1n) is 4.31. The van der Waals surface area contributed by atoms with Crippen molar-refractivity contribution in [3.05, 3.63) is 40.5 Å². The van der Waals surface area contributed by atoms with Crippen LogP contribution in [0.4, 0.5) is 0 Å². The number of pyridine rings is 1. The van der Waals surface area contributed by atoms with Gasteiger partial charge in [-0.15, -0.1) is 0 Å².